The van der Waals surface area contributed by atoms with Gasteiger partial charge in [0, 0.05) is 17.7 Å². The first kappa shape index (κ1) is 15.2. The number of carbonyl (C=O) groups is 1. The van der Waals surface area contributed by atoms with Crippen LogP contribution in [-0.2, 0) is 4.79 Å². The van der Waals surface area contributed by atoms with Crippen molar-refractivity contribution in [3.05, 3.63) is 23.8 Å². The van der Waals surface area contributed by atoms with E-state index in [9.17, 15) is 4.79 Å². The fraction of sp³-hybridized carbons (Fsp3) is 0.562. The summed E-state index contributed by atoms with van der Waals surface area (Å²) < 4.78 is 11.6. The molecule has 1 saturated heterocycles. The Hall–Kier alpha value is -1.16. The highest BCUT2D eigenvalue weighted by atomic mass is 32.2. The van der Waals surface area contributed by atoms with E-state index in [4.69, 9.17) is 9.47 Å². The van der Waals surface area contributed by atoms with E-state index in [0.717, 1.165) is 35.5 Å². The second-order valence-corrected chi connectivity index (χ2v) is 6.29. The highest BCUT2D eigenvalue weighted by Crippen LogP contribution is 2.37. The van der Waals surface area contributed by atoms with Gasteiger partial charge < -0.3 is 14.3 Å². The summed E-state index contributed by atoms with van der Waals surface area (Å²) >= 11 is 1.94. The first-order valence-electron chi connectivity index (χ1n) is 7.11. The smallest absolute Gasteiger partial charge is 0.164 e. The minimum absolute atomic E-state index is 0.145. The summed E-state index contributed by atoms with van der Waals surface area (Å²) in [5, 5.41) is 0. The van der Waals surface area contributed by atoms with Gasteiger partial charge in [0.25, 0.3) is 0 Å². The third-order valence-electron chi connectivity index (χ3n) is 3.61. The van der Waals surface area contributed by atoms with Crippen LogP contribution in [0.4, 0.5) is 0 Å². The number of aldehydes is 1. The fourth-order valence-corrected chi connectivity index (χ4v) is 3.52. The number of benzene rings is 1. The Morgan fingerprint density at radius 2 is 2.35 bits per heavy atom. The molecule has 110 valence electrons. The Morgan fingerprint density at radius 3 is 3.00 bits per heavy atom. The molecular weight excluding hydrogens is 272 g/mol. The highest BCUT2D eigenvalue weighted by molar-refractivity contribution is 7.99. The molecule has 2 atom stereocenters. The number of carbonyl (C=O) groups excluding carboxylic acids is 1. The van der Waals surface area contributed by atoms with Crippen molar-refractivity contribution < 1.29 is 14.3 Å². The molecule has 0 spiro atoms. The van der Waals surface area contributed by atoms with Crippen LogP contribution in [0.25, 0.3) is 0 Å². The normalized spacial score (nSPS) is 20.2. The Labute approximate surface area is 125 Å². The number of hydrogen-bond donors (Lipinski definition) is 0. The molecule has 3 nitrogen and oxygen atoms in total. The first-order chi connectivity index (χ1) is 9.76. The summed E-state index contributed by atoms with van der Waals surface area (Å²) in [5.74, 6) is 3.99. The van der Waals surface area contributed by atoms with Crippen LogP contribution >= 0.6 is 11.8 Å². The number of thioether (sulfide) groups is 1. The van der Waals surface area contributed by atoms with E-state index in [1.165, 1.54) is 12.2 Å². The van der Waals surface area contributed by atoms with Gasteiger partial charge in [-0.2, -0.15) is 11.8 Å². The van der Waals surface area contributed by atoms with E-state index in [-0.39, 0.29) is 12.0 Å². The molecule has 0 N–H and O–H groups in total. The third-order valence-corrected chi connectivity index (χ3v) is 4.79. The maximum atomic E-state index is 10.7. The third kappa shape index (κ3) is 3.69. The monoisotopic (exact) mass is 294 g/mol. The lowest BCUT2D eigenvalue weighted by Gasteiger charge is -2.25. The molecule has 1 heterocycles. The van der Waals surface area contributed by atoms with Crippen LogP contribution in [0.2, 0.25) is 0 Å². The first-order valence-corrected chi connectivity index (χ1v) is 8.26. The number of para-hydroxylation sites is 1. The predicted octanol–water partition coefficient (Wildman–Crippen LogP) is 3.66. The van der Waals surface area contributed by atoms with E-state index in [0.29, 0.717) is 6.42 Å². The Balaban J connectivity index is 2.19. The summed E-state index contributed by atoms with van der Waals surface area (Å²) in [6.45, 7) is 2.03. The summed E-state index contributed by atoms with van der Waals surface area (Å²) in [6.07, 6.45) is 4.02. The molecule has 1 aliphatic heterocycles. The zero-order valence-electron chi connectivity index (χ0n) is 12.1. The Bertz CT molecular complexity index is 441. The van der Waals surface area contributed by atoms with Gasteiger partial charge in [-0.3, -0.25) is 0 Å². The largest absolute Gasteiger partial charge is 0.493 e. The fourth-order valence-electron chi connectivity index (χ4n) is 2.49. The lowest BCUT2D eigenvalue weighted by Crippen LogP contribution is -2.23. The average Bonchev–Trinajstić information content (AvgIpc) is 2.48. The standard InChI is InChI=1S/C16H22O3S/c1-12(8-9-17)14-6-3-7-15(16(14)18-2)19-13-5-4-10-20-11-13/h3,6-7,9,12-13H,4-5,8,10-11H2,1-2H3. The van der Waals surface area contributed by atoms with Crippen molar-refractivity contribution in [2.75, 3.05) is 18.6 Å². The van der Waals surface area contributed by atoms with Gasteiger partial charge in [-0.1, -0.05) is 19.1 Å². The molecule has 0 aromatic heterocycles. The quantitative estimate of drug-likeness (QED) is 0.750. The number of hydrogen-bond acceptors (Lipinski definition) is 4. The van der Waals surface area contributed by atoms with Crippen LogP contribution in [0.15, 0.2) is 18.2 Å². The molecular formula is C16H22O3S. The van der Waals surface area contributed by atoms with Crippen molar-refractivity contribution in [1.82, 2.24) is 0 Å². The second kappa shape index (κ2) is 7.58. The summed E-state index contributed by atoms with van der Waals surface area (Å²) in [5.41, 5.74) is 1.04. The van der Waals surface area contributed by atoms with Crippen LogP contribution in [0.5, 0.6) is 11.5 Å². The molecule has 0 radical (unpaired) electrons. The van der Waals surface area contributed by atoms with Crippen molar-refractivity contribution >= 4 is 18.0 Å². The van der Waals surface area contributed by atoms with Gasteiger partial charge in [-0.05, 0) is 30.6 Å². The molecule has 2 unspecified atom stereocenters. The zero-order chi connectivity index (χ0) is 14.4. The van der Waals surface area contributed by atoms with Crippen LogP contribution < -0.4 is 9.47 Å². The molecule has 1 aliphatic rings. The topological polar surface area (TPSA) is 35.5 Å². The molecule has 1 aromatic carbocycles. The lowest BCUT2D eigenvalue weighted by molar-refractivity contribution is -0.108. The summed E-state index contributed by atoms with van der Waals surface area (Å²) in [4.78, 5) is 10.7. The zero-order valence-corrected chi connectivity index (χ0v) is 12.9. The van der Waals surface area contributed by atoms with Gasteiger partial charge in [-0.15, -0.1) is 0 Å². The van der Waals surface area contributed by atoms with Crippen molar-refractivity contribution in [2.24, 2.45) is 0 Å². The van der Waals surface area contributed by atoms with E-state index in [2.05, 4.69) is 0 Å². The van der Waals surface area contributed by atoms with Crippen LogP contribution in [-0.4, -0.2) is 31.0 Å². The minimum atomic E-state index is 0.145. The van der Waals surface area contributed by atoms with Crippen molar-refractivity contribution in [1.29, 1.82) is 0 Å². The van der Waals surface area contributed by atoms with Crippen molar-refractivity contribution in [3.63, 3.8) is 0 Å². The van der Waals surface area contributed by atoms with E-state index in [1.54, 1.807) is 7.11 Å². The van der Waals surface area contributed by atoms with Crippen molar-refractivity contribution in [2.45, 2.75) is 38.2 Å². The summed E-state index contributed by atoms with van der Waals surface area (Å²) in [6, 6.07) is 5.94. The molecule has 0 amide bonds. The summed E-state index contributed by atoms with van der Waals surface area (Å²) in [7, 11) is 1.66. The predicted molar refractivity (Wildman–Crippen MR) is 83.1 cm³/mol. The molecule has 2 rings (SSSR count). The van der Waals surface area contributed by atoms with E-state index >= 15 is 0 Å². The lowest BCUT2D eigenvalue weighted by atomic mass is 9.97. The average molecular weight is 294 g/mol. The van der Waals surface area contributed by atoms with E-state index < -0.39 is 0 Å². The van der Waals surface area contributed by atoms with Gasteiger partial charge in [0.15, 0.2) is 11.5 Å². The molecule has 4 heteroatoms. The molecule has 0 aliphatic carbocycles. The number of rotatable bonds is 6. The Kier molecular flexibility index (Phi) is 5.77. The van der Waals surface area contributed by atoms with Gasteiger partial charge in [0.05, 0.1) is 7.11 Å². The maximum absolute atomic E-state index is 10.7. The number of ether oxygens (including phenoxy) is 2. The van der Waals surface area contributed by atoms with Gasteiger partial charge in [0.1, 0.15) is 12.4 Å². The maximum Gasteiger partial charge on any atom is 0.164 e. The van der Waals surface area contributed by atoms with Gasteiger partial charge >= 0.3 is 0 Å². The van der Waals surface area contributed by atoms with Gasteiger partial charge in [0.2, 0.25) is 0 Å². The second-order valence-electron chi connectivity index (χ2n) is 5.14. The van der Waals surface area contributed by atoms with Crippen LogP contribution in [0.1, 0.15) is 37.7 Å². The molecule has 1 fully saturated rings. The van der Waals surface area contributed by atoms with E-state index in [1.807, 2.05) is 36.9 Å². The van der Waals surface area contributed by atoms with Gasteiger partial charge in [-0.25, -0.2) is 0 Å². The SMILES string of the molecule is COc1c(OC2CCCSC2)cccc1C(C)CC=O. The van der Waals surface area contributed by atoms with Crippen LogP contribution in [0.3, 0.4) is 0 Å². The molecule has 0 bridgehead atoms. The van der Waals surface area contributed by atoms with Crippen LogP contribution in [0, 0.1) is 0 Å². The Morgan fingerprint density at radius 1 is 1.50 bits per heavy atom. The molecule has 1 aromatic rings. The number of methoxy groups -OCH3 is 1. The molecule has 20 heavy (non-hydrogen) atoms. The minimum Gasteiger partial charge on any atom is -0.493 e. The highest BCUT2D eigenvalue weighted by Gasteiger charge is 2.20. The van der Waals surface area contributed by atoms with Crippen molar-refractivity contribution in [3.8, 4) is 11.5 Å². The molecule has 0 saturated carbocycles.